The van der Waals surface area contributed by atoms with Crippen molar-refractivity contribution in [3.05, 3.63) is 24.5 Å². The molecule has 0 atom stereocenters. The van der Waals surface area contributed by atoms with Crippen LogP contribution in [0, 0.1) is 0 Å². The quantitative estimate of drug-likeness (QED) is 0.805. The molecule has 0 spiro atoms. The van der Waals surface area contributed by atoms with Gasteiger partial charge in [-0.2, -0.15) is 0 Å². The number of nitrogens with zero attached hydrogens (tertiary/aromatic N) is 1. The predicted octanol–water partition coefficient (Wildman–Crippen LogP) is 2.20. The predicted molar refractivity (Wildman–Crippen MR) is 53.9 cm³/mol. The van der Waals surface area contributed by atoms with E-state index in [2.05, 4.69) is 14.9 Å². The molecule has 0 aromatic carbocycles. The van der Waals surface area contributed by atoms with E-state index in [0.717, 1.165) is 0 Å². The van der Waals surface area contributed by atoms with Crippen molar-refractivity contribution in [3.63, 3.8) is 0 Å². The Morgan fingerprint density at radius 1 is 1.62 bits per heavy atom. The van der Waals surface area contributed by atoms with Crippen LogP contribution in [0.1, 0.15) is 6.92 Å². The molecule has 1 N–H and O–H groups in total. The molecule has 2 aromatic rings. The number of carbonyl (C=O) groups is 1. The van der Waals surface area contributed by atoms with E-state index in [1.165, 1.54) is 0 Å². The second-order valence-electron chi connectivity index (χ2n) is 2.88. The van der Waals surface area contributed by atoms with Crippen molar-refractivity contribution < 1.29 is 18.7 Å². The Labute approximate surface area is 91.2 Å². The average molecular weight is 222 g/mol. The Morgan fingerprint density at radius 2 is 2.50 bits per heavy atom. The molecule has 0 fully saturated rings. The lowest BCUT2D eigenvalue weighted by Crippen LogP contribution is -2.10. The van der Waals surface area contributed by atoms with E-state index in [1.807, 2.05) is 0 Å². The molecule has 0 aliphatic rings. The van der Waals surface area contributed by atoms with Crippen LogP contribution in [0.15, 0.2) is 28.9 Å². The number of hydrogen-bond acceptors (Lipinski definition) is 5. The summed E-state index contributed by atoms with van der Waals surface area (Å²) in [7, 11) is 0. The van der Waals surface area contributed by atoms with Crippen molar-refractivity contribution >= 4 is 6.16 Å². The zero-order valence-electron chi connectivity index (χ0n) is 8.60. The van der Waals surface area contributed by atoms with Crippen molar-refractivity contribution in [1.29, 1.82) is 0 Å². The van der Waals surface area contributed by atoms with Gasteiger partial charge in [-0.3, -0.25) is 5.10 Å². The number of aromatic nitrogens is 2. The number of furan rings is 1. The Bertz CT molecular complexity index is 461. The van der Waals surface area contributed by atoms with Crippen LogP contribution in [0.25, 0.3) is 11.5 Å². The van der Waals surface area contributed by atoms with Gasteiger partial charge < -0.3 is 13.9 Å². The van der Waals surface area contributed by atoms with Crippen LogP contribution in [0.3, 0.4) is 0 Å². The Kier molecular flexibility index (Phi) is 2.90. The van der Waals surface area contributed by atoms with Gasteiger partial charge in [-0.25, -0.2) is 4.79 Å². The Morgan fingerprint density at radius 3 is 3.19 bits per heavy atom. The van der Waals surface area contributed by atoms with E-state index in [1.54, 1.807) is 31.4 Å². The Balaban J connectivity index is 2.06. The van der Waals surface area contributed by atoms with Crippen LogP contribution in [0.2, 0.25) is 0 Å². The smallest absolute Gasteiger partial charge is 0.463 e. The molecule has 84 valence electrons. The first-order chi connectivity index (χ1) is 7.79. The lowest BCUT2D eigenvalue weighted by Gasteiger charge is -1.98. The molecule has 0 radical (unpaired) electrons. The minimum Gasteiger partial charge on any atom is -0.463 e. The van der Waals surface area contributed by atoms with E-state index < -0.39 is 6.16 Å². The highest BCUT2D eigenvalue weighted by Gasteiger charge is 2.10. The highest BCUT2D eigenvalue weighted by atomic mass is 16.7. The highest BCUT2D eigenvalue weighted by molar-refractivity contribution is 5.64. The van der Waals surface area contributed by atoms with Crippen molar-refractivity contribution in [3.8, 4) is 17.3 Å². The molecule has 0 amide bonds. The molecule has 2 rings (SSSR count). The summed E-state index contributed by atoms with van der Waals surface area (Å²) in [6.07, 6.45) is 0.766. The molecule has 2 aromatic heterocycles. The maximum Gasteiger partial charge on any atom is 0.515 e. The van der Waals surface area contributed by atoms with Gasteiger partial charge in [-0.15, -0.1) is 5.10 Å². The van der Waals surface area contributed by atoms with Gasteiger partial charge >= 0.3 is 6.16 Å². The van der Waals surface area contributed by atoms with Gasteiger partial charge in [0.25, 0.3) is 0 Å². The normalized spacial score (nSPS) is 10.1. The van der Waals surface area contributed by atoms with Gasteiger partial charge in [0.05, 0.1) is 12.9 Å². The SMILES string of the molecule is CCOC(=O)Oc1cc(-c2ccco2)[nH]n1. The maximum absolute atomic E-state index is 11.0. The third kappa shape index (κ3) is 2.22. The molecule has 2 heterocycles. The van der Waals surface area contributed by atoms with E-state index in [4.69, 9.17) is 9.15 Å². The number of ether oxygens (including phenoxy) is 2. The molecule has 6 nitrogen and oxygen atoms in total. The highest BCUT2D eigenvalue weighted by Crippen LogP contribution is 2.21. The van der Waals surface area contributed by atoms with Gasteiger partial charge in [-0.05, 0) is 19.1 Å². The number of carbonyl (C=O) groups excluding carboxylic acids is 1. The fourth-order valence-electron chi connectivity index (χ4n) is 1.15. The molecule has 0 saturated carbocycles. The van der Waals surface area contributed by atoms with Crippen molar-refractivity contribution in [1.82, 2.24) is 10.2 Å². The van der Waals surface area contributed by atoms with Gasteiger partial charge in [0.15, 0.2) is 5.76 Å². The summed E-state index contributed by atoms with van der Waals surface area (Å²) in [5.41, 5.74) is 0.629. The number of hydrogen-bond donors (Lipinski definition) is 1. The number of rotatable bonds is 3. The zero-order valence-corrected chi connectivity index (χ0v) is 8.60. The van der Waals surface area contributed by atoms with Gasteiger partial charge in [0.1, 0.15) is 5.69 Å². The van der Waals surface area contributed by atoms with Crippen LogP contribution in [0.4, 0.5) is 4.79 Å². The third-order valence-electron chi connectivity index (χ3n) is 1.79. The first kappa shape index (κ1) is 10.3. The second kappa shape index (κ2) is 4.52. The number of nitrogens with one attached hydrogen (secondary N) is 1. The fourth-order valence-corrected chi connectivity index (χ4v) is 1.15. The van der Waals surface area contributed by atoms with E-state index in [0.29, 0.717) is 11.5 Å². The lowest BCUT2D eigenvalue weighted by molar-refractivity contribution is 0.102. The molecule has 0 aliphatic heterocycles. The zero-order chi connectivity index (χ0) is 11.4. The Hall–Kier alpha value is -2.24. The summed E-state index contributed by atoms with van der Waals surface area (Å²) in [5.74, 6) is 0.760. The van der Waals surface area contributed by atoms with E-state index in [9.17, 15) is 4.79 Å². The van der Waals surface area contributed by atoms with Gasteiger partial charge in [-0.1, -0.05) is 0 Å². The van der Waals surface area contributed by atoms with Crippen LogP contribution in [0.5, 0.6) is 5.88 Å². The van der Waals surface area contributed by atoms with Crippen LogP contribution in [-0.2, 0) is 4.74 Å². The molecule has 0 saturated heterocycles. The monoisotopic (exact) mass is 222 g/mol. The molecule has 0 bridgehead atoms. The molecule has 0 unspecified atom stereocenters. The topological polar surface area (TPSA) is 77.4 Å². The third-order valence-corrected chi connectivity index (χ3v) is 1.79. The summed E-state index contributed by atoms with van der Waals surface area (Å²) in [4.78, 5) is 11.0. The molecule has 6 heteroatoms. The van der Waals surface area contributed by atoms with Gasteiger partial charge in [0.2, 0.25) is 5.88 Å². The van der Waals surface area contributed by atoms with Crippen LogP contribution >= 0.6 is 0 Å². The summed E-state index contributed by atoms with van der Waals surface area (Å²) in [5, 5.41) is 6.47. The molecular formula is C10H10N2O4. The van der Waals surface area contributed by atoms with E-state index in [-0.39, 0.29) is 12.5 Å². The van der Waals surface area contributed by atoms with E-state index >= 15 is 0 Å². The van der Waals surface area contributed by atoms with Crippen LogP contribution < -0.4 is 4.74 Å². The standard InChI is InChI=1S/C10H10N2O4/c1-2-14-10(13)16-9-6-7(11-12-9)8-4-3-5-15-8/h3-6H,2H2,1H3,(H,11,12). The minimum absolute atomic E-state index is 0.143. The average Bonchev–Trinajstić information content (AvgIpc) is 2.86. The molecular weight excluding hydrogens is 212 g/mol. The maximum atomic E-state index is 11.0. The second-order valence-corrected chi connectivity index (χ2v) is 2.88. The summed E-state index contributed by atoms with van der Waals surface area (Å²) in [6, 6.07) is 5.07. The lowest BCUT2D eigenvalue weighted by atomic mass is 10.3. The molecule has 0 aliphatic carbocycles. The summed E-state index contributed by atoms with van der Waals surface area (Å²) >= 11 is 0. The first-order valence-electron chi connectivity index (χ1n) is 4.73. The van der Waals surface area contributed by atoms with Gasteiger partial charge in [0, 0.05) is 6.07 Å². The largest absolute Gasteiger partial charge is 0.515 e. The summed E-state index contributed by atoms with van der Waals surface area (Å²) in [6.45, 7) is 1.95. The number of H-pyrrole nitrogens is 1. The minimum atomic E-state index is -0.778. The summed E-state index contributed by atoms with van der Waals surface area (Å²) < 4.78 is 14.5. The van der Waals surface area contributed by atoms with Crippen molar-refractivity contribution in [2.24, 2.45) is 0 Å². The van der Waals surface area contributed by atoms with Crippen molar-refractivity contribution in [2.75, 3.05) is 6.61 Å². The molecule has 16 heavy (non-hydrogen) atoms. The number of aromatic amines is 1. The van der Waals surface area contributed by atoms with Crippen LogP contribution in [-0.4, -0.2) is 23.0 Å². The van der Waals surface area contributed by atoms with Crippen molar-refractivity contribution in [2.45, 2.75) is 6.92 Å². The first-order valence-corrected chi connectivity index (χ1v) is 4.73. The fraction of sp³-hybridized carbons (Fsp3) is 0.200.